The second-order valence-electron chi connectivity index (χ2n) is 5.50. The minimum atomic E-state index is -0.777. The highest BCUT2D eigenvalue weighted by atomic mass is 79.9. The van der Waals surface area contributed by atoms with Crippen molar-refractivity contribution in [2.45, 2.75) is 38.3 Å². The standard InChI is InChI=1S/C15H20BrF2NO2/c1-10-4-2-3-5-19(10)8-12(20)9-21-15-13(17)6-11(16)7-14(15)18/h6-7,10,12,20H,2-5,8-9H2,1H3/t10-,12-/m1/s1. The van der Waals surface area contributed by atoms with Crippen molar-refractivity contribution < 1.29 is 18.6 Å². The number of nitrogens with zero attached hydrogens (tertiary/aromatic N) is 1. The zero-order chi connectivity index (χ0) is 15.4. The fourth-order valence-corrected chi connectivity index (χ4v) is 3.00. The average molecular weight is 364 g/mol. The van der Waals surface area contributed by atoms with E-state index in [0.29, 0.717) is 17.1 Å². The molecule has 2 atom stereocenters. The van der Waals surface area contributed by atoms with Gasteiger partial charge in [0.2, 0.25) is 0 Å². The average Bonchev–Trinajstić information content (AvgIpc) is 2.40. The number of aliphatic hydroxyl groups is 1. The Balaban J connectivity index is 1.88. The quantitative estimate of drug-likeness (QED) is 0.870. The summed E-state index contributed by atoms with van der Waals surface area (Å²) in [5, 5.41) is 10.00. The maximum atomic E-state index is 13.6. The number of halogens is 3. The zero-order valence-electron chi connectivity index (χ0n) is 12.0. The van der Waals surface area contributed by atoms with Crippen molar-refractivity contribution in [1.82, 2.24) is 4.90 Å². The Hall–Kier alpha value is -0.720. The van der Waals surface area contributed by atoms with Crippen LogP contribution in [0.4, 0.5) is 8.78 Å². The normalized spacial score (nSPS) is 21.3. The summed E-state index contributed by atoms with van der Waals surface area (Å²) in [6.07, 6.45) is 2.67. The van der Waals surface area contributed by atoms with Crippen LogP contribution in [0.2, 0.25) is 0 Å². The van der Waals surface area contributed by atoms with Crippen molar-refractivity contribution in [2.75, 3.05) is 19.7 Å². The first-order valence-electron chi connectivity index (χ1n) is 7.17. The van der Waals surface area contributed by atoms with Gasteiger partial charge in [0.25, 0.3) is 0 Å². The molecule has 2 rings (SSSR count). The smallest absolute Gasteiger partial charge is 0.190 e. The van der Waals surface area contributed by atoms with Crippen LogP contribution in [0.3, 0.4) is 0 Å². The number of hydrogen-bond acceptors (Lipinski definition) is 3. The van der Waals surface area contributed by atoms with Gasteiger partial charge in [-0.25, -0.2) is 8.78 Å². The third kappa shape index (κ3) is 4.63. The summed E-state index contributed by atoms with van der Waals surface area (Å²) >= 11 is 3.01. The fourth-order valence-electron chi connectivity index (χ4n) is 2.60. The highest BCUT2D eigenvalue weighted by Crippen LogP contribution is 2.26. The largest absolute Gasteiger partial charge is 0.485 e. The van der Waals surface area contributed by atoms with Crippen LogP contribution in [-0.2, 0) is 0 Å². The van der Waals surface area contributed by atoms with Gasteiger partial charge in [0.15, 0.2) is 17.4 Å². The molecule has 118 valence electrons. The molecule has 0 bridgehead atoms. The van der Waals surface area contributed by atoms with Crippen molar-refractivity contribution >= 4 is 15.9 Å². The topological polar surface area (TPSA) is 32.7 Å². The van der Waals surface area contributed by atoms with E-state index in [0.717, 1.165) is 31.5 Å². The molecule has 0 amide bonds. The first kappa shape index (κ1) is 16.6. The molecule has 0 aromatic heterocycles. The number of benzene rings is 1. The van der Waals surface area contributed by atoms with E-state index < -0.39 is 23.5 Å². The highest BCUT2D eigenvalue weighted by molar-refractivity contribution is 9.10. The molecule has 21 heavy (non-hydrogen) atoms. The number of β-amino-alcohol motifs (C(OH)–C–C–N with tert-alkyl or cyclic N) is 1. The molecular weight excluding hydrogens is 344 g/mol. The lowest BCUT2D eigenvalue weighted by atomic mass is 10.0. The van der Waals surface area contributed by atoms with Crippen molar-refractivity contribution in [3.8, 4) is 5.75 Å². The van der Waals surface area contributed by atoms with E-state index in [1.54, 1.807) is 0 Å². The lowest BCUT2D eigenvalue weighted by Crippen LogP contribution is -2.43. The molecule has 3 nitrogen and oxygen atoms in total. The van der Waals surface area contributed by atoms with Crippen LogP contribution in [-0.4, -0.2) is 41.8 Å². The van der Waals surface area contributed by atoms with Gasteiger partial charge >= 0.3 is 0 Å². The van der Waals surface area contributed by atoms with Crippen LogP contribution in [0.1, 0.15) is 26.2 Å². The predicted molar refractivity (Wildman–Crippen MR) is 80.4 cm³/mol. The van der Waals surface area contributed by atoms with E-state index in [9.17, 15) is 13.9 Å². The van der Waals surface area contributed by atoms with E-state index in [1.807, 2.05) is 0 Å². The Morgan fingerprint density at radius 1 is 1.38 bits per heavy atom. The first-order chi connectivity index (χ1) is 9.97. The van der Waals surface area contributed by atoms with Crippen LogP contribution in [0.5, 0.6) is 5.75 Å². The molecule has 0 spiro atoms. The van der Waals surface area contributed by atoms with Crippen LogP contribution in [0.25, 0.3) is 0 Å². The summed E-state index contributed by atoms with van der Waals surface area (Å²) in [4.78, 5) is 2.19. The predicted octanol–water partition coefficient (Wildman–Crippen LogP) is 3.34. The molecule has 1 aromatic rings. The molecule has 0 radical (unpaired) electrons. The van der Waals surface area contributed by atoms with Crippen molar-refractivity contribution in [2.24, 2.45) is 0 Å². The minimum Gasteiger partial charge on any atom is -0.485 e. The molecule has 1 aliphatic rings. The van der Waals surface area contributed by atoms with E-state index >= 15 is 0 Å². The van der Waals surface area contributed by atoms with E-state index in [-0.39, 0.29) is 6.61 Å². The molecular formula is C15H20BrF2NO2. The van der Waals surface area contributed by atoms with Crippen LogP contribution < -0.4 is 4.74 Å². The van der Waals surface area contributed by atoms with Crippen LogP contribution >= 0.6 is 15.9 Å². The third-order valence-corrected chi connectivity index (χ3v) is 4.23. The van der Waals surface area contributed by atoms with Gasteiger partial charge in [0.05, 0.1) is 0 Å². The van der Waals surface area contributed by atoms with Crippen LogP contribution in [0.15, 0.2) is 16.6 Å². The minimum absolute atomic E-state index is 0.126. The SMILES string of the molecule is C[C@@H]1CCCCN1C[C@@H](O)COc1c(F)cc(Br)cc1F. The maximum Gasteiger partial charge on any atom is 0.190 e. The summed E-state index contributed by atoms with van der Waals surface area (Å²) < 4.78 is 32.6. The number of ether oxygens (including phenoxy) is 1. The lowest BCUT2D eigenvalue weighted by molar-refractivity contribution is 0.0418. The molecule has 6 heteroatoms. The number of rotatable bonds is 5. The Labute approximate surface area is 132 Å². The Bertz CT molecular complexity index is 464. The van der Waals surface area contributed by atoms with Gasteiger partial charge in [-0.2, -0.15) is 0 Å². The maximum absolute atomic E-state index is 13.6. The Morgan fingerprint density at radius 2 is 2.05 bits per heavy atom. The molecule has 1 heterocycles. The summed E-state index contributed by atoms with van der Waals surface area (Å²) in [5.41, 5.74) is 0. The second-order valence-corrected chi connectivity index (χ2v) is 6.42. The Kier molecular flexibility index (Phi) is 5.96. The van der Waals surface area contributed by atoms with Crippen molar-refractivity contribution in [1.29, 1.82) is 0 Å². The molecule has 1 fully saturated rings. The van der Waals surface area contributed by atoms with Gasteiger partial charge in [-0.05, 0) is 38.4 Å². The number of piperidine rings is 1. The Morgan fingerprint density at radius 3 is 2.67 bits per heavy atom. The van der Waals surface area contributed by atoms with E-state index in [1.165, 1.54) is 6.42 Å². The van der Waals surface area contributed by atoms with Gasteiger partial charge in [-0.3, -0.25) is 4.90 Å². The van der Waals surface area contributed by atoms with Gasteiger partial charge in [-0.1, -0.05) is 22.4 Å². The molecule has 0 unspecified atom stereocenters. The number of hydrogen-bond donors (Lipinski definition) is 1. The molecule has 0 saturated carbocycles. The molecule has 1 aromatic carbocycles. The summed E-state index contributed by atoms with van der Waals surface area (Å²) in [6, 6.07) is 2.70. The molecule has 1 saturated heterocycles. The van der Waals surface area contributed by atoms with Gasteiger partial charge in [-0.15, -0.1) is 0 Å². The van der Waals surface area contributed by atoms with Crippen LogP contribution in [0, 0.1) is 11.6 Å². The first-order valence-corrected chi connectivity index (χ1v) is 7.96. The molecule has 0 aliphatic carbocycles. The monoisotopic (exact) mass is 363 g/mol. The molecule has 1 aliphatic heterocycles. The highest BCUT2D eigenvalue weighted by Gasteiger charge is 2.21. The van der Waals surface area contributed by atoms with Crippen molar-refractivity contribution in [3.05, 3.63) is 28.2 Å². The van der Waals surface area contributed by atoms with Gasteiger partial charge in [0.1, 0.15) is 12.7 Å². The lowest BCUT2D eigenvalue weighted by Gasteiger charge is -2.34. The van der Waals surface area contributed by atoms with Crippen molar-refractivity contribution in [3.63, 3.8) is 0 Å². The number of aliphatic hydroxyl groups excluding tert-OH is 1. The number of likely N-dealkylation sites (tertiary alicyclic amines) is 1. The second kappa shape index (κ2) is 7.51. The van der Waals surface area contributed by atoms with E-state index in [4.69, 9.17) is 4.74 Å². The molecule has 1 N–H and O–H groups in total. The van der Waals surface area contributed by atoms with Gasteiger partial charge in [0, 0.05) is 17.1 Å². The summed E-state index contributed by atoms with van der Waals surface area (Å²) in [7, 11) is 0. The van der Waals surface area contributed by atoms with Gasteiger partial charge < -0.3 is 9.84 Å². The van der Waals surface area contributed by atoms with E-state index in [2.05, 4.69) is 27.8 Å². The third-order valence-electron chi connectivity index (χ3n) is 3.77. The fraction of sp³-hybridized carbons (Fsp3) is 0.600. The zero-order valence-corrected chi connectivity index (χ0v) is 13.6. The summed E-state index contributed by atoms with van der Waals surface area (Å²) in [5.74, 6) is -2.00. The summed E-state index contributed by atoms with van der Waals surface area (Å²) in [6.45, 7) is 3.40.